The maximum Gasteiger partial charge on any atom is 0.126 e. The molecule has 0 amide bonds. The molecule has 1 aliphatic heterocycles. The summed E-state index contributed by atoms with van der Waals surface area (Å²) in [7, 11) is 0. The highest BCUT2D eigenvalue weighted by atomic mass is 19.1. The summed E-state index contributed by atoms with van der Waals surface area (Å²) in [5, 5.41) is 3.33. The number of rotatable bonds is 2. The minimum absolute atomic E-state index is 0.233. The van der Waals surface area contributed by atoms with Crippen LogP contribution in [0.3, 0.4) is 0 Å². The van der Waals surface area contributed by atoms with E-state index >= 15 is 0 Å². The molecule has 1 aromatic carbocycles. The molecule has 1 aromatic heterocycles. The van der Waals surface area contributed by atoms with Gasteiger partial charge in [0.2, 0.25) is 0 Å². The molecule has 5 heteroatoms. The van der Waals surface area contributed by atoms with Gasteiger partial charge in [-0.1, -0.05) is 0 Å². The smallest absolute Gasteiger partial charge is 0.126 e. The van der Waals surface area contributed by atoms with Gasteiger partial charge in [-0.2, -0.15) is 0 Å². The quantitative estimate of drug-likeness (QED) is 0.908. The fourth-order valence-electron chi connectivity index (χ4n) is 2.42. The Morgan fingerprint density at radius 1 is 1.15 bits per heavy atom. The zero-order valence-electron chi connectivity index (χ0n) is 11.4. The van der Waals surface area contributed by atoms with Crippen molar-refractivity contribution in [2.45, 2.75) is 6.92 Å². The van der Waals surface area contributed by atoms with Crippen molar-refractivity contribution in [3.05, 3.63) is 42.1 Å². The molecule has 104 valence electrons. The summed E-state index contributed by atoms with van der Waals surface area (Å²) in [5.74, 6) is 0.492. The van der Waals surface area contributed by atoms with E-state index in [4.69, 9.17) is 0 Å². The van der Waals surface area contributed by atoms with Crippen molar-refractivity contribution in [2.75, 3.05) is 31.1 Å². The van der Waals surface area contributed by atoms with Crippen molar-refractivity contribution in [1.29, 1.82) is 0 Å². The van der Waals surface area contributed by atoms with Gasteiger partial charge < -0.3 is 10.2 Å². The Balaban J connectivity index is 2.03. The van der Waals surface area contributed by atoms with Gasteiger partial charge in [0, 0.05) is 31.7 Å². The van der Waals surface area contributed by atoms with Gasteiger partial charge in [-0.15, -0.1) is 0 Å². The molecule has 1 N–H and O–H groups in total. The molecule has 1 aliphatic rings. The van der Waals surface area contributed by atoms with Gasteiger partial charge in [0.05, 0.1) is 17.6 Å². The molecule has 1 fully saturated rings. The van der Waals surface area contributed by atoms with Crippen molar-refractivity contribution >= 4 is 5.69 Å². The Bertz CT molecular complexity index is 591. The Kier molecular flexibility index (Phi) is 3.60. The van der Waals surface area contributed by atoms with Crippen LogP contribution < -0.4 is 10.2 Å². The van der Waals surface area contributed by atoms with Crippen LogP contribution in [0.2, 0.25) is 0 Å². The van der Waals surface area contributed by atoms with Gasteiger partial charge in [0.25, 0.3) is 0 Å². The molecule has 0 saturated carbocycles. The lowest BCUT2D eigenvalue weighted by Gasteiger charge is -2.30. The van der Waals surface area contributed by atoms with E-state index in [1.807, 2.05) is 13.1 Å². The predicted octanol–water partition coefficient (Wildman–Crippen LogP) is 2.00. The second kappa shape index (κ2) is 5.54. The van der Waals surface area contributed by atoms with E-state index in [9.17, 15) is 4.39 Å². The highest BCUT2D eigenvalue weighted by molar-refractivity contribution is 5.74. The van der Waals surface area contributed by atoms with Crippen LogP contribution in [-0.4, -0.2) is 36.1 Å². The summed E-state index contributed by atoms with van der Waals surface area (Å²) in [6.07, 6.45) is 1.87. The first kappa shape index (κ1) is 13.0. The minimum Gasteiger partial charge on any atom is -0.366 e. The van der Waals surface area contributed by atoms with Crippen molar-refractivity contribution < 1.29 is 4.39 Å². The van der Waals surface area contributed by atoms with Crippen LogP contribution in [0.1, 0.15) is 5.82 Å². The van der Waals surface area contributed by atoms with Crippen LogP contribution in [-0.2, 0) is 0 Å². The second-order valence-corrected chi connectivity index (χ2v) is 4.90. The van der Waals surface area contributed by atoms with E-state index in [2.05, 4.69) is 20.2 Å². The van der Waals surface area contributed by atoms with Crippen LogP contribution in [0.5, 0.6) is 0 Å². The van der Waals surface area contributed by atoms with E-state index in [0.717, 1.165) is 48.9 Å². The number of hydrogen-bond acceptors (Lipinski definition) is 4. The number of nitrogens with one attached hydrogen (secondary N) is 1. The van der Waals surface area contributed by atoms with E-state index < -0.39 is 0 Å². The van der Waals surface area contributed by atoms with Crippen LogP contribution >= 0.6 is 0 Å². The Morgan fingerprint density at radius 2 is 1.85 bits per heavy atom. The van der Waals surface area contributed by atoms with Crippen LogP contribution in [0, 0.1) is 12.7 Å². The normalized spacial score (nSPS) is 15.4. The lowest BCUT2D eigenvalue weighted by Crippen LogP contribution is -2.43. The van der Waals surface area contributed by atoms with E-state index in [1.54, 1.807) is 12.1 Å². The van der Waals surface area contributed by atoms with E-state index in [-0.39, 0.29) is 5.82 Å². The van der Waals surface area contributed by atoms with E-state index in [0.29, 0.717) is 0 Å². The standard InChI is InChI=1S/C15H17FN4/c1-11-18-10-14(20-8-6-17-7-9-20)15(19-11)12-2-4-13(16)5-3-12/h2-5,10,17H,6-9H2,1H3. The number of piperazine rings is 1. The fourth-order valence-corrected chi connectivity index (χ4v) is 2.42. The largest absolute Gasteiger partial charge is 0.366 e. The monoisotopic (exact) mass is 272 g/mol. The fraction of sp³-hybridized carbons (Fsp3) is 0.333. The molecule has 1 saturated heterocycles. The summed E-state index contributed by atoms with van der Waals surface area (Å²) in [5.41, 5.74) is 2.81. The Hall–Kier alpha value is -2.01. The first-order valence-electron chi connectivity index (χ1n) is 6.79. The lowest BCUT2D eigenvalue weighted by molar-refractivity contribution is 0.588. The first-order valence-corrected chi connectivity index (χ1v) is 6.79. The number of benzene rings is 1. The highest BCUT2D eigenvalue weighted by Crippen LogP contribution is 2.28. The third-order valence-corrected chi connectivity index (χ3v) is 3.47. The molecular formula is C15H17FN4. The van der Waals surface area contributed by atoms with Crippen molar-refractivity contribution in [3.63, 3.8) is 0 Å². The third-order valence-electron chi connectivity index (χ3n) is 3.47. The van der Waals surface area contributed by atoms with Gasteiger partial charge in [0.1, 0.15) is 11.6 Å². The lowest BCUT2D eigenvalue weighted by atomic mass is 10.1. The van der Waals surface area contributed by atoms with Crippen LogP contribution in [0.25, 0.3) is 11.3 Å². The molecule has 3 rings (SSSR count). The third kappa shape index (κ3) is 2.63. The number of hydrogen-bond donors (Lipinski definition) is 1. The molecule has 0 spiro atoms. The number of halogens is 1. The molecule has 0 aliphatic carbocycles. The van der Waals surface area contributed by atoms with Gasteiger partial charge in [-0.05, 0) is 31.2 Å². The SMILES string of the molecule is Cc1ncc(N2CCNCC2)c(-c2ccc(F)cc2)n1. The number of nitrogens with zero attached hydrogens (tertiary/aromatic N) is 3. The zero-order chi connectivity index (χ0) is 13.9. The van der Waals surface area contributed by atoms with Crippen molar-refractivity contribution in [2.24, 2.45) is 0 Å². The number of anilines is 1. The molecule has 20 heavy (non-hydrogen) atoms. The molecule has 2 aromatic rings. The summed E-state index contributed by atoms with van der Waals surface area (Å²) in [4.78, 5) is 11.1. The average Bonchev–Trinajstić information content (AvgIpc) is 2.49. The Labute approximate surface area is 117 Å². The number of aryl methyl sites for hydroxylation is 1. The van der Waals surface area contributed by atoms with E-state index in [1.165, 1.54) is 12.1 Å². The Morgan fingerprint density at radius 3 is 2.55 bits per heavy atom. The van der Waals surface area contributed by atoms with Gasteiger partial charge in [-0.25, -0.2) is 14.4 Å². The maximum atomic E-state index is 13.1. The van der Waals surface area contributed by atoms with Gasteiger partial charge in [0.15, 0.2) is 0 Å². The molecule has 0 unspecified atom stereocenters. The maximum absolute atomic E-state index is 13.1. The molecule has 0 atom stereocenters. The first-order chi connectivity index (χ1) is 9.74. The van der Waals surface area contributed by atoms with Crippen LogP contribution in [0.15, 0.2) is 30.5 Å². The number of aromatic nitrogens is 2. The van der Waals surface area contributed by atoms with Crippen molar-refractivity contribution in [1.82, 2.24) is 15.3 Å². The highest BCUT2D eigenvalue weighted by Gasteiger charge is 2.17. The molecular weight excluding hydrogens is 255 g/mol. The minimum atomic E-state index is -0.233. The predicted molar refractivity (Wildman–Crippen MR) is 77.2 cm³/mol. The van der Waals surface area contributed by atoms with Gasteiger partial charge in [-0.3, -0.25) is 0 Å². The summed E-state index contributed by atoms with van der Waals surface area (Å²) in [6, 6.07) is 6.47. The molecule has 4 nitrogen and oxygen atoms in total. The summed E-state index contributed by atoms with van der Waals surface area (Å²) in [6.45, 7) is 5.64. The molecule has 2 heterocycles. The molecule has 0 radical (unpaired) electrons. The summed E-state index contributed by atoms with van der Waals surface area (Å²) < 4.78 is 13.1. The summed E-state index contributed by atoms with van der Waals surface area (Å²) >= 11 is 0. The zero-order valence-corrected chi connectivity index (χ0v) is 11.4. The van der Waals surface area contributed by atoms with Crippen molar-refractivity contribution in [3.8, 4) is 11.3 Å². The molecule has 0 bridgehead atoms. The van der Waals surface area contributed by atoms with Crippen LogP contribution in [0.4, 0.5) is 10.1 Å². The topological polar surface area (TPSA) is 41.1 Å². The second-order valence-electron chi connectivity index (χ2n) is 4.90. The average molecular weight is 272 g/mol. The van der Waals surface area contributed by atoms with Gasteiger partial charge >= 0.3 is 0 Å².